The van der Waals surface area contributed by atoms with Crippen LogP contribution in [0.5, 0.6) is 17.2 Å². The molecule has 0 saturated heterocycles. The van der Waals surface area contributed by atoms with Crippen molar-refractivity contribution in [2.24, 2.45) is 0 Å². The maximum absolute atomic E-state index is 12.0. The van der Waals surface area contributed by atoms with Gasteiger partial charge in [0.2, 0.25) is 0 Å². The molecule has 5 heteroatoms. The summed E-state index contributed by atoms with van der Waals surface area (Å²) in [5, 5.41) is 2.80. The predicted molar refractivity (Wildman–Crippen MR) is 87.4 cm³/mol. The first-order valence-corrected chi connectivity index (χ1v) is 7.60. The molecule has 2 aromatic carbocycles. The Morgan fingerprint density at radius 1 is 1.13 bits per heavy atom. The molecule has 3 rings (SSSR count). The van der Waals surface area contributed by atoms with Crippen molar-refractivity contribution in [3.8, 4) is 17.2 Å². The van der Waals surface area contributed by atoms with Crippen LogP contribution in [-0.2, 0) is 4.79 Å². The Morgan fingerprint density at radius 3 is 2.78 bits per heavy atom. The molecule has 1 aliphatic rings. The van der Waals surface area contributed by atoms with Crippen LogP contribution in [0.2, 0.25) is 0 Å². The zero-order valence-corrected chi connectivity index (χ0v) is 13.0. The van der Waals surface area contributed by atoms with E-state index in [2.05, 4.69) is 5.32 Å². The number of rotatable bonds is 4. The Kier molecular flexibility index (Phi) is 4.66. The van der Waals surface area contributed by atoms with Crippen molar-refractivity contribution in [3.63, 3.8) is 0 Å². The lowest BCUT2D eigenvalue weighted by atomic mass is 10.2. The summed E-state index contributed by atoms with van der Waals surface area (Å²) in [5.41, 5.74) is 1.75. The smallest absolute Gasteiger partial charge is 0.262 e. The third-order valence-electron chi connectivity index (χ3n) is 3.39. The minimum absolute atomic E-state index is 0.0438. The average Bonchev–Trinajstić information content (AvgIpc) is 2.78. The van der Waals surface area contributed by atoms with Gasteiger partial charge in [0.25, 0.3) is 5.91 Å². The second-order valence-electron chi connectivity index (χ2n) is 5.37. The summed E-state index contributed by atoms with van der Waals surface area (Å²) in [6, 6.07) is 13.0. The van der Waals surface area contributed by atoms with Gasteiger partial charge in [-0.3, -0.25) is 4.79 Å². The van der Waals surface area contributed by atoms with Crippen LogP contribution in [0.4, 0.5) is 5.69 Å². The predicted octanol–water partition coefficient (Wildman–Crippen LogP) is 3.17. The number of fused-ring (bicyclic) bond motifs is 1. The van der Waals surface area contributed by atoms with Gasteiger partial charge in [-0.2, -0.15) is 0 Å². The first-order valence-electron chi connectivity index (χ1n) is 7.60. The summed E-state index contributed by atoms with van der Waals surface area (Å²) in [4.78, 5) is 12.0. The van der Waals surface area contributed by atoms with E-state index in [0.29, 0.717) is 36.1 Å². The molecule has 1 N–H and O–H groups in total. The van der Waals surface area contributed by atoms with Crippen molar-refractivity contribution in [2.45, 2.75) is 13.3 Å². The minimum Gasteiger partial charge on any atom is -0.490 e. The fourth-order valence-corrected chi connectivity index (χ4v) is 2.29. The first-order chi connectivity index (χ1) is 11.2. The van der Waals surface area contributed by atoms with E-state index in [1.165, 1.54) is 0 Å². The highest BCUT2D eigenvalue weighted by Gasteiger charge is 2.12. The normalized spacial score (nSPS) is 13.1. The maximum Gasteiger partial charge on any atom is 0.262 e. The monoisotopic (exact) mass is 313 g/mol. The van der Waals surface area contributed by atoms with Crippen molar-refractivity contribution >= 4 is 11.6 Å². The Bertz CT molecular complexity index is 699. The quantitative estimate of drug-likeness (QED) is 0.942. The van der Waals surface area contributed by atoms with Gasteiger partial charge in [-0.25, -0.2) is 0 Å². The molecule has 0 fully saturated rings. The van der Waals surface area contributed by atoms with Crippen LogP contribution in [0.1, 0.15) is 12.0 Å². The van der Waals surface area contributed by atoms with Crippen molar-refractivity contribution in [3.05, 3.63) is 48.0 Å². The number of anilines is 1. The zero-order valence-electron chi connectivity index (χ0n) is 13.0. The topological polar surface area (TPSA) is 56.8 Å². The van der Waals surface area contributed by atoms with Crippen molar-refractivity contribution in [2.75, 3.05) is 25.1 Å². The van der Waals surface area contributed by atoms with Gasteiger partial charge in [-0.05, 0) is 36.8 Å². The second-order valence-corrected chi connectivity index (χ2v) is 5.37. The van der Waals surface area contributed by atoms with Gasteiger partial charge in [0.1, 0.15) is 5.75 Å². The zero-order chi connectivity index (χ0) is 16.1. The van der Waals surface area contributed by atoms with Crippen LogP contribution in [0.3, 0.4) is 0 Å². The number of ether oxygens (including phenoxy) is 3. The molecule has 5 nitrogen and oxygen atoms in total. The summed E-state index contributed by atoms with van der Waals surface area (Å²) in [7, 11) is 0. The molecule has 0 saturated carbocycles. The molecule has 1 heterocycles. The number of carbonyl (C=O) groups is 1. The fourth-order valence-electron chi connectivity index (χ4n) is 2.29. The Hall–Kier alpha value is -2.69. The van der Waals surface area contributed by atoms with E-state index < -0.39 is 0 Å². The molecule has 0 spiro atoms. The van der Waals surface area contributed by atoms with Crippen LogP contribution in [0.15, 0.2) is 42.5 Å². The summed E-state index contributed by atoms with van der Waals surface area (Å²) >= 11 is 0. The molecule has 2 aromatic rings. The highest BCUT2D eigenvalue weighted by molar-refractivity contribution is 5.92. The van der Waals surface area contributed by atoms with Crippen LogP contribution in [0.25, 0.3) is 0 Å². The lowest BCUT2D eigenvalue weighted by molar-refractivity contribution is -0.118. The van der Waals surface area contributed by atoms with E-state index in [9.17, 15) is 4.79 Å². The minimum atomic E-state index is -0.221. The molecule has 23 heavy (non-hydrogen) atoms. The Balaban J connectivity index is 1.58. The number of benzene rings is 2. The molecule has 1 aliphatic heterocycles. The standard InChI is InChI=1S/C18H19NO4/c1-13-4-2-5-15(10-13)23-12-18(20)19-14-6-7-16-17(11-14)22-9-3-8-21-16/h2,4-7,10-11H,3,8-9,12H2,1H3,(H,19,20). The highest BCUT2D eigenvalue weighted by atomic mass is 16.5. The second kappa shape index (κ2) is 7.05. The summed E-state index contributed by atoms with van der Waals surface area (Å²) < 4.78 is 16.7. The summed E-state index contributed by atoms with van der Waals surface area (Å²) in [6.45, 7) is 3.19. The molecule has 0 unspecified atom stereocenters. The number of hydrogen-bond acceptors (Lipinski definition) is 4. The van der Waals surface area contributed by atoms with Crippen molar-refractivity contribution in [1.29, 1.82) is 0 Å². The van der Waals surface area contributed by atoms with Gasteiger partial charge in [0, 0.05) is 18.2 Å². The van der Waals surface area contributed by atoms with Crippen LogP contribution >= 0.6 is 0 Å². The lowest BCUT2D eigenvalue weighted by Crippen LogP contribution is -2.20. The lowest BCUT2D eigenvalue weighted by Gasteiger charge is -2.11. The Labute approximate surface area is 135 Å². The number of hydrogen-bond donors (Lipinski definition) is 1. The van der Waals surface area contributed by atoms with Crippen molar-refractivity contribution in [1.82, 2.24) is 0 Å². The molecule has 0 atom stereocenters. The van der Waals surface area contributed by atoms with E-state index in [-0.39, 0.29) is 12.5 Å². The van der Waals surface area contributed by atoms with E-state index >= 15 is 0 Å². The van der Waals surface area contributed by atoms with Gasteiger partial charge in [0.15, 0.2) is 18.1 Å². The number of amides is 1. The molecular formula is C18H19NO4. The largest absolute Gasteiger partial charge is 0.490 e. The molecule has 0 aliphatic carbocycles. The fraction of sp³-hybridized carbons (Fsp3) is 0.278. The highest BCUT2D eigenvalue weighted by Crippen LogP contribution is 2.32. The van der Waals surface area contributed by atoms with Gasteiger partial charge in [-0.1, -0.05) is 12.1 Å². The molecule has 1 amide bonds. The number of aryl methyl sites for hydroxylation is 1. The molecule has 0 radical (unpaired) electrons. The first kappa shape index (κ1) is 15.2. The summed E-state index contributed by atoms with van der Waals surface area (Å²) in [6.07, 6.45) is 0.848. The van der Waals surface area contributed by atoms with E-state index in [1.54, 1.807) is 18.2 Å². The summed E-state index contributed by atoms with van der Waals surface area (Å²) in [5.74, 6) is 1.82. The van der Waals surface area contributed by atoms with E-state index in [1.807, 2.05) is 31.2 Å². The van der Waals surface area contributed by atoms with E-state index in [0.717, 1.165) is 12.0 Å². The Morgan fingerprint density at radius 2 is 1.96 bits per heavy atom. The molecule has 120 valence electrons. The van der Waals surface area contributed by atoms with Crippen molar-refractivity contribution < 1.29 is 19.0 Å². The van der Waals surface area contributed by atoms with Crippen LogP contribution < -0.4 is 19.5 Å². The maximum atomic E-state index is 12.0. The van der Waals surface area contributed by atoms with Gasteiger partial charge >= 0.3 is 0 Å². The average molecular weight is 313 g/mol. The SMILES string of the molecule is Cc1cccc(OCC(=O)Nc2ccc3c(c2)OCCCO3)c1. The van der Waals surface area contributed by atoms with Gasteiger partial charge in [-0.15, -0.1) is 0 Å². The molecular weight excluding hydrogens is 294 g/mol. The molecule has 0 bridgehead atoms. The van der Waals surface area contributed by atoms with Crippen LogP contribution in [-0.4, -0.2) is 25.7 Å². The van der Waals surface area contributed by atoms with E-state index in [4.69, 9.17) is 14.2 Å². The third-order valence-corrected chi connectivity index (χ3v) is 3.39. The molecule has 0 aromatic heterocycles. The van der Waals surface area contributed by atoms with Gasteiger partial charge in [0.05, 0.1) is 13.2 Å². The third kappa shape index (κ3) is 4.16. The van der Waals surface area contributed by atoms with Crippen LogP contribution in [0, 0.1) is 6.92 Å². The number of carbonyl (C=O) groups excluding carboxylic acids is 1. The number of nitrogens with one attached hydrogen (secondary N) is 1. The van der Waals surface area contributed by atoms with Gasteiger partial charge < -0.3 is 19.5 Å².